The fourth-order valence-corrected chi connectivity index (χ4v) is 6.25. The van der Waals surface area contributed by atoms with Gasteiger partial charge in [0.1, 0.15) is 11.4 Å². The number of anilines is 2. The van der Waals surface area contributed by atoms with Crippen molar-refractivity contribution in [3.05, 3.63) is 111 Å². The number of thiophene rings is 1. The molecular formula is C31H24ClN3O5S2. The summed E-state index contributed by atoms with van der Waals surface area (Å²) in [6, 6.07) is 24.0. The van der Waals surface area contributed by atoms with E-state index in [0.717, 1.165) is 9.78 Å². The number of benzene rings is 3. The van der Waals surface area contributed by atoms with Crippen molar-refractivity contribution < 1.29 is 23.9 Å². The molecule has 0 bridgehead atoms. The predicted octanol–water partition coefficient (Wildman–Crippen LogP) is 6.24. The molecule has 1 unspecified atom stereocenters. The van der Waals surface area contributed by atoms with E-state index in [1.807, 2.05) is 17.5 Å². The van der Waals surface area contributed by atoms with Crippen LogP contribution in [0, 0.1) is 0 Å². The van der Waals surface area contributed by atoms with Gasteiger partial charge >= 0.3 is 0 Å². The van der Waals surface area contributed by atoms with Gasteiger partial charge in [-0.05, 0) is 66.1 Å². The lowest BCUT2D eigenvalue weighted by Gasteiger charge is -2.16. The van der Waals surface area contributed by atoms with Crippen LogP contribution < -0.4 is 20.3 Å². The lowest BCUT2D eigenvalue weighted by atomic mass is 10.2. The highest BCUT2D eigenvalue weighted by molar-refractivity contribution is 8.00. The second-order valence-corrected chi connectivity index (χ2v) is 11.7. The van der Waals surface area contributed by atoms with Crippen LogP contribution in [0.3, 0.4) is 0 Å². The number of thioether (sulfide) groups is 1. The van der Waals surface area contributed by atoms with Crippen LogP contribution in [0.4, 0.5) is 11.4 Å². The highest BCUT2D eigenvalue weighted by atomic mass is 35.5. The summed E-state index contributed by atoms with van der Waals surface area (Å²) in [7, 11) is 1.48. The van der Waals surface area contributed by atoms with Gasteiger partial charge in [0.15, 0.2) is 0 Å². The summed E-state index contributed by atoms with van der Waals surface area (Å²) < 4.78 is 5.16. The first-order chi connectivity index (χ1) is 20.3. The van der Waals surface area contributed by atoms with Crippen LogP contribution in [0.15, 0.2) is 101 Å². The Morgan fingerprint density at radius 3 is 2.55 bits per heavy atom. The van der Waals surface area contributed by atoms with Gasteiger partial charge in [-0.1, -0.05) is 41.9 Å². The molecule has 0 saturated carbocycles. The Morgan fingerprint density at radius 1 is 1.02 bits per heavy atom. The number of ether oxygens (including phenoxy) is 1. The number of methoxy groups -OCH3 is 1. The van der Waals surface area contributed by atoms with E-state index in [1.54, 1.807) is 72.8 Å². The Labute approximate surface area is 255 Å². The van der Waals surface area contributed by atoms with Gasteiger partial charge in [-0.3, -0.25) is 19.2 Å². The Morgan fingerprint density at radius 2 is 1.83 bits per heavy atom. The van der Waals surface area contributed by atoms with Crippen LogP contribution in [0.5, 0.6) is 5.75 Å². The van der Waals surface area contributed by atoms with E-state index < -0.39 is 17.1 Å². The van der Waals surface area contributed by atoms with E-state index in [4.69, 9.17) is 16.3 Å². The number of rotatable bonds is 9. The summed E-state index contributed by atoms with van der Waals surface area (Å²) in [5, 5.41) is 7.06. The maximum Gasteiger partial charge on any atom is 0.272 e. The quantitative estimate of drug-likeness (QED) is 0.170. The number of amides is 4. The van der Waals surface area contributed by atoms with Crippen molar-refractivity contribution in [1.82, 2.24) is 5.32 Å². The highest BCUT2D eigenvalue weighted by Gasteiger charge is 2.40. The van der Waals surface area contributed by atoms with E-state index in [0.29, 0.717) is 32.6 Å². The van der Waals surface area contributed by atoms with Gasteiger partial charge in [0.05, 0.1) is 23.1 Å². The number of hydrogen-bond donors (Lipinski definition) is 2. The van der Waals surface area contributed by atoms with Gasteiger partial charge in [-0.25, -0.2) is 4.90 Å². The lowest BCUT2D eigenvalue weighted by molar-refractivity contribution is -0.121. The van der Waals surface area contributed by atoms with E-state index >= 15 is 0 Å². The van der Waals surface area contributed by atoms with E-state index in [-0.39, 0.29) is 23.9 Å². The molecule has 2 N–H and O–H groups in total. The average Bonchev–Trinajstić information content (AvgIpc) is 3.60. The first-order valence-corrected chi connectivity index (χ1v) is 14.9. The normalized spacial score (nSPS) is 15.0. The fraction of sp³-hybridized carbons (Fsp3) is 0.0968. The molecule has 3 aromatic carbocycles. The molecule has 0 spiro atoms. The third kappa shape index (κ3) is 6.73. The third-order valence-electron chi connectivity index (χ3n) is 6.23. The molecule has 2 heterocycles. The Kier molecular flexibility index (Phi) is 9.06. The molecular weight excluding hydrogens is 594 g/mol. The summed E-state index contributed by atoms with van der Waals surface area (Å²) >= 11 is 8.87. The Balaban J connectivity index is 1.30. The number of carbonyl (C=O) groups is 4. The van der Waals surface area contributed by atoms with Gasteiger partial charge < -0.3 is 15.4 Å². The monoisotopic (exact) mass is 617 g/mol. The van der Waals surface area contributed by atoms with Gasteiger partial charge in [0, 0.05) is 27.4 Å². The SMILES string of the molecule is COc1ccc(N2C(=O)CC(Sc3cccc(NC(=O)/C(=C/c4cccs4)NC(=O)c4ccccc4)c3)C2=O)cc1Cl. The summed E-state index contributed by atoms with van der Waals surface area (Å²) in [4.78, 5) is 54.7. The van der Waals surface area contributed by atoms with Gasteiger partial charge in [0.2, 0.25) is 11.8 Å². The number of imide groups is 1. The van der Waals surface area contributed by atoms with Gasteiger partial charge in [-0.15, -0.1) is 23.1 Å². The van der Waals surface area contributed by atoms with Gasteiger partial charge in [-0.2, -0.15) is 0 Å². The number of nitrogens with zero attached hydrogens (tertiary/aromatic N) is 1. The second-order valence-electron chi connectivity index (χ2n) is 9.07. The maximum atomic E-state index is 13.3. The van der Waals surface area contributed by atoms with Crippen molar-refractivity contribution >= 4 is 75.8 Å². The topological polar surface area (TPSA) is 105 Å². The molecule has 212 valence electrons. The number of halogens is 1. The third-order valence-corrected chi connectivity index (χ3v) is 8.52. The van der Waals surface area contributed by atoms with Crippen molar-refractivity contribution in [2.75, 3.05) is 17.3 Å². The first kappa shape index (κ1) is 29.1. The predicted molar refractivity (Wildman–Crippen MR) is 166 cm³/mol. The average molecular weight is 618 g/mol. The minimum absolute atomic E-state index is 0.0168. The van der Waals surface area contributed by atoms with Crippen LogP contribution in [0.25, 0.3) is 6.08 Å². The maximum absolute atomic E-state index is 13.3. The van der Waals surface area contributed by atoms with Crippen molar-refractivity contribution in [3.63, 3.8) is 0 Å². The molecule has 8 nitrogen and oxygen atoms in total. The second kappa shape index (κ2) is 13.1. The summed E-state index contributed by atoms with van der Waals surface area (Å²) in [5.41, 5.74) is 1.34. The zero-order valence-corrected chi connectivity index (χ0v) is 24.6. The molecule has 4 aromatic rings. The smallest absolute Gasteiger partial charge is 0.272 e. The van der Waals surface area contributed by atoms with Crippen molar-refractivity contribution in [2.24, 2.45) is 0 Å². The number of hydrogen-bond acceptors (Lipinski definition) is 7. The Bertz CT molecular complexity index is 1680. The summed E-state index contributed by atoms with van der Waals surface area (Å²) in [6.45, 7) is 0. The van der Waals surface area contributed by atoms with Gasteiger partial charge in [0.25, 0.3) is 11.8 Å². The van der Waals surface area contributed by atoms with Crippen LogP contribution in [-0.2, 0) is 14.4 Å². The standard InChI is InChI=1S/C31H24ClN3O5S2/c1-40-26-13-12-21(16-24(26)32)35-28(36)18-27(31(35)39)42-23-10-5-9-20(15-23)33-30(38)25(17-22-11-6-14-41-22)34-29(37)19-7-3-2-4-8-19/h2-17,27H,18H2,1H3,(H,33,38)(H,34,37)/b25-17-. The minimum atomic E-state index is -0.649. The van der Waals surface area contributed by atoms with Crippen LogP contribution >= 0.6 is 34.7 Å². The molecule has 1 saturated heterocycles. The molecule has 4 amide bonds. The largest absolute Gasteiger partial charge is 0.495 e. The fourth-order valence-electron chi connectivity index (χ4n) is 4.23. The molecule has 1 fully saturated rings. The summed E-state index contributed by atoms with van der Waals surface area (Å²) in [5.74, 6) is -1.17. The first-order valence-electron chi connectivity index (χ1n) is 12.7. The minimum Gasteiger partial charge on any atom is -0.495 e. The van der Waals surface area contributed by atoms with Crippen LogP contribution in [-0.4, -0.2) is 36.0 Å². The summed E-state index contributed by atoms with van der Waals surface area (Å²) in [6.07, 6.45) is 1.63. The molecule has 1 aliphatic heterocycles. The molecule has 0 radical (unpaired) electrons. The van der Waals surface area contributed by atoms with E-state index in [2.05, 4.69) is 10.6 Å². The van der Waals surface area contributed by atoms with Crippen molar-refractivity contribution in [2.45, 2.75) is 16.6 Å². The highest BCUT2D eigenvalue weighted by Crippen LogP contribution is 2.37. The zero-order valence-electron chi connectivity index (χ0n) is 22.2. The molecule has 11 heteroatoms. The number of nitrogens with one attached hydrogen (secondary N) is 2. The number of carbonyl (C=O) groups excluding carboxylic acids is 4. The molecule has 1 aromatic heterocycles. The van der Waals surface area contributed by atoms with E-state index in [1.165, 1.54) is 36.3 Å². The Hall–Kier alpha value is -4.38. The van der Waals surface area contributed by atoms with Crippen LogP contribution in [0.2, 0.25) is 5.02 Å². The zero-order chi connectivity index (χ0) is 29.6. The lowest BCUT2D eigenvalue weighted by Crippen LogP contribution is -2.31. The molecule has 5 rings (SSSR count). The van der Waals surface area contributed by atoms with Crippen molar-refractivity contribution in [1.29, 1.82) is 0 Å². The molecule has 42 heavy (non-hydrogen) atoms. The molecule has 1 aliphatic rings. The molecule has 1 atom stereocenters. The van der Waals surface area contributed by atoms with E-state index in [9.17, 15) is 19.2 Å². The molecule has 0 aliphatic carbocycles. The van der Waals surface area contributed by atoms with Crippen LogP contribution in [0.1, 0.15) is 21.7 Å². The van der Waals surface area contributed by atoms with Crippen molar-refractivity contribution in [3.8, 4) is 5.75 Å².